The Morgan fingerprint density at radius 2 is 1.52 bits per heavy atom. The minimum Gasteiger partial charge on any atom is -0.192 e. The predicted molar refractivity (Wildman–Crippen MR) is 105 cm³/mol. The molecule has 0 aliphatic heterocycles. The lowest BCUT2D eigenvalue weighted by Crippen LogP contribution is -2.23. The van der Waals surface area contributed by atoms with Crippen LogP contribution in [-0.4, -0.2) is 0 Å². The third-order valence-electron chi connectivity index (χ3n) is 7.34. The van der Waals surface area contributed by atoms with Crippen molar-refractivity contribution in [2.24, 2.45) is 23.7 Å². The summed E-state index contributed by atoms with van der Waals surface area (Å²) in [5.41, 5.74) is 2.23. The molecule has 0 bridgehead atoms. The second-order valence-corrected chi connectivity index (χ2v) is 8.85. The molecule has 2 aliphatic carbocycles. The number of nitrogens with zero attached hydrogens (tertiary/aromatic N) is 1. The average molecular weight is 338 g/mol. The fourth-order valence-corrected chi connectivity index (χ4v) is 5.45. The first-order valence-electron chi connectivity index (χ1n) is 10.7. The van der Waals surface area contributed by atoms with Crippen molar-refractivity contribution in [3.05, 3.63) is 35.4 Å². The van der Waals surface area contributed by atoms with Crippen molar-refractivity contribution in [2.75, 3.05) is 0 Å². The minimum absolute atomic E-state index is 0.722. The van der Waals surface area contributed by atoms with Gasteiger partial charge in [0, 0.05) is 0 Å². The van der Waals surface area contributed by atoms with Gasteiger partial charge in [-0.15, -0.1) is 0 Å². The standard InChI is InChI=1S/C24H35N/c1-3-19-4-10-22(11-5-19)18(2)16-20-6-12-23(13-7-20)24-14-8-21(17-25)9-15-24/h8-9,14-15,18-20,22-23H,3-7,10-13,16H2,1-2H3. The summed E-state index contributed by atoms with van der Waals surface area (Å²) in [7, 11) is 0. The number of hydrogen-bond acceptors (Lipinski definition) is 1. The van der Waals surface area contributed by atoms with E-state index in [1.165, 1.54) is 69.8 Å². The summed E-state index contributed by atoms with van der Waals surface area (Å²) in [5, 5.41) is 8.94. The topological polar surface area (TPSA) is 23.8 Å². The fraction of sp³-hybridized carbons (Fsp3) is 0.708. The molecule has 0 saturated heterocycles. The third-order valence-corrected chi connectivity index (χ3v) is 7.34. The van der Waals surface area contributed by atoms with E-state index in [1.54, 1.807) is 0 Å². The first-order valence-corrected chi connectivity index (χ1v) is 10.7. The molecule has 3 rings (SSSR count). The molecular formula is C24H35N. The monoisotopic (exact) mass is 337 g/mol. The molecule has 25 heavy (non-hydrogen) atoms. The Labute approximate surface area is 154 Å². The van der Waals surface area contributed by atoms with Gasteiger partial charge in [-0.25, -0.2) is 0 Å². The van der Waals surface area contributed by atoms with Crippen LogP contribution in [-0.2, 0) is 0 Å². The molecule has 1 atom stereocenters. The molecule has 0 amide bonds. The average Bonchev–Trinajstić information content (AvgIpc) is 2.68. The quantitative estimate of drug-likeness (QED) is 0.563. The Morgan fingerprint density at radius 3 is 2.08 bits per heavy atom. The van der Waals surface area contributed by atoms with Gasteiger partial charge in [0.15, 0.2) is 0 Å². The zero-order chi connectivity index (χ0) is 17.6. The van der Waals surface area contributed by atoms with E-state index in [9.17, 15) is 0 Å². The van der Waals surface area contributed by atoms with Crippen LogP contribution >= 0.6 is 0 Å². The molecule has 0 heterocycles. The minimum atomic E-state index is 0.722. The van der Waals surface area contributed by atoms with E-state index in [-0.39, 0.29) is 0 Å². The smallest absolute Gasteiger partial charge is 0.0991 e. The van der Waals surface area contributed by atoms with Crippen molar-refractivity contribution >= 4 is 0 Å². The van der Waals surface area contributed by atoms with Gasteiger partial charge >= 0.3 is 0 Å². The maximum Gasteiger partial charge on any atom is 0.0991 e. The Hall–Kier alpha value is -1.29. The SMILES string of the molecule is CCC1CCC(C(C)CC2CCC(c3ccc(C#N)cc3)CC2)CC1. The fourth-order valence-electron chi connectivity index (χ4n) is 5.45. The van der Waals surface area contributed by atoms with Crippen LogP contribution in [0.3, 0.4) is 0 Å². The molecule has 1 aromatic rings. The molecule has 1 heteroatoms. The number of benzene rings is 1. The van der Waals surface area contributed by atoms with E-state index in [1.807, 2.05) is 12.1 Å². The molecule has 2 fully saturated rings. The van der Waals surface area contributed by atoms with Gasteiger partial charge in [-0.05, 0) is 92.2 Å². The van der Waals surface area contributed by atoms with Crippen LogP contribution in [0.2, 0.25) is 0 Å². The van der Waals surface area contributed by atoms with Crippen LogP contribution in [0.15, 0.2) is 24.3 Å². The summed E-state index contributed by atoms with van der Waals surface area (Å²) in [6.07, 6.45) is 14.3. The molecule has 1 unspecified atom stereocenters. The van der Waals surface area contributed by atoms with E-state index in [0.29, 0.717) is 0 Å². The molecule has 0 aromatic heterocycles. The molecule has 0 spiro atoms. The van der Waals surface area contributed by atoms with Crippen molar-refractivity contribution in [1.29, 1.82) is 5.26 Å². The van der Waals surface area contributed by atoms with Crippen LogP contribution in [0.5, 0.6) is 0 Å². The Bertz CT molecular complexity index is 551. The molecular weight excluding hydrogens is 302 g/mol. The van der Waals surface area contributed by atoms with Gasteiger partial charge < -0.3 is 0 Å². The highest BCUT2D eigenvalue weighted by atomic mass is 14.3. The van der Waals surface area contributed by atoms with E-state index in [4.69, 9.17) is 5.26 Å². The Morgan fingerprint density at radius 1 is 0.920 bits per heavy atom. The van der Waals surface area contributed by atoms with Gasteiger partial charge in [-0.3, -0.25) is 0 Å². The second-order valence-electron chi connectivity index (χ2n) is 8.85. The highest BCUT2D eigenvalue weighted by Gasteiger charge is 2.28. The molecule has 0 radical (unpaired) electrons. The van der Waals surface area contributed by atoms with Crippen molar-refractivity contribution in [3.63, 3.8) is 0 Å². The van der Waals surface area contributed by atoms with Crippen LogP contribution in [0.1, 0.15) is 95.1 Å². The highest BCUT2D eigenvalue weighted by Crippen LogP contribution is 2.42. The van der Waals surface area contributed by atoms with Gasteiger partial charge in [0.25, 0.3) is 0 Å². The lowest BCUT2D eigenvalue weighted by atomic mass is 9.70. The van der Waals surface area contributed by atoms with Crippen LogP contribution in [0.4, 0.5) is 0 Å². The largest absolute Gasteiger partial charge is 0.192 e. The van der Waals surface area contributed by atoms with E-state index in [0.717, 1.165) is 35.2 Å². The van der Waals surface area contributed by atoms with Crippen molar-refractivity contribution in [3.8, 4) is 6.07 Å². The van der Waals surface area contributed by atoms with E-state index >= 15 is 0 Å². The molecule has 2 aliphatic rings. The molecule has 2 saturated carbocycles. The maximum atomic E-state index is 8.94. The van der Waals surface area contributed by atoms with Gasteiger partial charge in [0.2, 0.25) is 0 Å². The highest BCUT2D eigenvalue weighted by molar-refractivity contribution is 5.33. The molecule has 1 aromatic carbocycles. The molecule has 0 N–H and O–H groups in total. The Kier molecular flexibility index (Phi) is 6.57. The predicted octanol–water partition coefficient (Wildman–Crippen LogP) is 7.07. The van der Waals surface area contributed by atoms with Crippen LogP contribution in [0.25, 0.3) is 0 Å². The van der Waals surface area contributed by atoms with E-state index < -0.39 is 0 Å². The summed E-state index contributed by atoms with van der Waals surface area (Å²) < 4.78 is 0. The van der Waals surface area contributed by atoms with Gasteiger partial charge in [0.1, 0.15) is 0 Å². The summed E-state index contributed by atoms with van der Waals surface area (Å²) in [5.74, 6) is 4.62. The lowest BCUT2D eigenvalue weighted by Gasteiger charge is -2.35. The summed E-state index contributed by atoms with van der Waals surface area (Å²) in [6, 6.07) is 10.5. The summed E-state index contributed by atoms with van der Waals surface area (Å²) in [6.45, 7) is 4.89. The van der Waals surface area contributed by atoms with Gasteiger partial charge in [-0.2, -0.15) is 5.26 Å². The summed E-state index contributed by atoms with van der Waals surface area (Å²) >= 11 is 0. The van der Waals surface area contributed by atoms with Gasteiger partial charge in [-0.1, -0.05) is 45.2 Å². The molecule has 1 nitrogen and oxygen atoms in total. The first kappa shape index (κ1) is 18.5. The third kappa shape index (κ3) is 4.87. The summed E-state index contributed by atoms with van der Waals surface area (Å²) in [4.78, 5) is 0. The second kappa shape index (κ2) is 8.88. The van der Waals surface area contributed by atoms with Crippen LogP contribution < -0.4 is 0 Å². The zero-order valence-electron chi connectivity index (χ0n) is 16.2. The zero-order valence-corrected chi connectivity index (χ0v) is 16.2. The lowest BCUT2D eigenvalue weighted by molar-refractivity contribution is 0.172. The number of rotatable bonds is 5. The van der Waals surface area contributed by atoms with Gasteiger partial charge in [0.05, 0.1) is 11.6 Å². The van der Waals surface area contributed by atoms with Crippen molar-refractivity contribution in [2.45, 2.75) is 84.0 Å². The van der Waals surface area contributed by atoms with E-state index in [2.05, 4.69) is 32.0 Å². The number of hydrogen-bond donors (Lipinski definition) is 0. The van der Waals surface area contributed by atoms with Crippen molar-refractivity contribution < 1.29 is 0 Å². The first-order chi connectivity index (χ1) is 12.2. The normalized spacial score (nSPS) is 31.2. The Balaban J connectivity index is 1.43. The van der Waals surface area contributed by atoms with Crippen LogP contribution in [0, 0.1) is 35.0 Å². The molecule has 136 valence electrons. The number of nitriles is 1. The maximum absolute atomic E-state index is 8.94. The van der Waals surface area contributed by atoms with Crippen molar-refractivity contribution in [1.82, 2.24) is 0 Å².